The molecule has 0 bridgehead atoms. The molecule has 24 heavy (non-hydrogen) atoms. The third-order valence-electron chi connectivity index (χ3n) is 3.60. The zero-order valence-electron chi connectivity index (χ0n) is 13.3. The number of aryl methyl sites for hydroxylation is 2. The van der Waals surface area contributed by atoms with E-state index in [9.17, 15) is 0 Å². The van der Waals surface area contributed by atoms with Crippen molar-refractivity contribution in [2.75, 3.05) is 11.9 Å². The van der Waals surface area contributed by atoms with Gasteiger partial charge in [-0.3, -0.25) is 0 Å². The molecular weight excluding hydrogens is 324 g/mol. The number of nitrogens with one attached hydrogen (secondary N) is 1. The Morgan fingerprint density at radius 3 is 2.88 bits per heavy atom. The van der Waals surface area contributed by atoms with Gasteiger partial charge in [0.25, 0.3) is 0 Å². The number of nitrogens with zero attached hydrogens (tertiary/aromatic N) is 7. The van der Waals surface area contributed by atoms with E-state index < -0.39 is 0 Å². The summed E-state index contributed by atoms with van der Waals surface area (Å²) in [5, 5.41) is 17.1. The van der Waals surface area contributed by atoms with Crippen molar-refractivity contribution in [1.82, 2.24) is 34.3 Å². The number of aromatic nitrogens is 7. The highest BCUT2D eigenvalue weighted by atomic mass is 32.1. The van der Waals surface area contributed by atoms with Crippen LogP contribution >= 0.6 is 11.3 Å². The molecule has 0 saturated heterocycles. The highest BCUT2D eigenvalue weighted by Crippen LogP contribution is 2.15. The highest BCUT2D eigenvalue weighted by molar-refractivity contribution is 7.16. The van der Waals surface area contributed by atoms with Crippen LogP contribution in [-0.4, -0.2) is 40.9 Å². The van der Waals surface area contributed by atoms with E-state index in [-0.39, 0.29) is 0 Å². The maximum Gasteiger partial charge on any atom is 0.212 e. The molecular formula is C15H16N8S. The third-order valence-corrected chi connectivity index (χ3v) is 4.43. The molecule has 0 unspecified atom stereocenters. The maximum absolute atomic E-state index is 4.55. The van der Waals surface area contributed by atoms with E-state index in [1.54, 1.807) is 17.5 Å². The molecule has 0 aliphatic rings. The standard InChI is InChI=1S/C15H16N8S/c1-10-21-23-9-11(18-15(23)24-10)5-6-16-13-4-3-12(19-20-13)14-17-7-8-22(14)2/h3-4,7-9H,5-6H2,1-2H3,(H,16,20). The molecule has 9 heteroatoms. The predicted molar refractivity (Wildman–Crippen MR) is 92.0 cm³/mol. The largest absolute Gasteiger partial charge is 0.368 e. The molecule has 0 aliphatic carbocycles. The fourth-order valence-electron chi connectivity index (χ4n) is 2.44. The second-order valence-electron chi connectivity index (χ2n) is 5.42. The molecule has 4 heterocycles. The van der Waals surface area contributed by atoms with Gasteiger partial charge in [0.1, 0.15) is 16.5 Å². The summed E-state index contributed by atoms with van der Waals surface area (Å²) in [5.74, 6) is 1.54. The van der Waals surface area contributed by atoms with Crippen molar-refractivity contribution in [3.63, 3.8) is 0 Å². The molecule has 0 fully saturated rings. The number of hydrogen-bond donors (Lipinski definition) is 1. The van der Waals surface area contributed by atoms with E-state index in [2.05, 4.69) is 30.6 Å². The Morgan fingerprint density at radius 2 is 2.17 bits per heavy atom. The van der Waals surface area contributed by atoms with Gasteiger partial charge in [-0.2, -0.15) is 5.10 Å². The summed E-state index contributed by atoms with van der Waals surface area (Å²) >= 11 is 1.59. The average molecular weight is 340 g/mol. The number of anilines is 1. The quantitative estimate of drug-likeness (QED) is 0.597. The van der Waals surface area contributed by atoms with Gasteiger partial charge >= 0.3 is 0 Å². The second-order valence-corrected chi connectivity index (χ2v) is 6.58. The fraction of sp³-hybridized carbons (Fsp3) is 0.267. The monoisotopic (exact) mass is 340 g/mol. The van der Waals surface area contributed by atoms with Gasteiger partial charge in [-0.1, -0.05) is 11.3 Å². The van der Waals surface area contributed by atoms with E-state index in [0.717, 1.165) is 46.0 Å². The molecule has 0 amide bonds. The van der Waals surface area contributed by atoms with Gasteiger partial charge in [0.05, 0.1) is 11.9 Å². The molecule has 4 aromatic rings. The topological polar surface area (TPSA) is 85.8 Å². The second kappa shape index (κ2) is 6.00. The first-order valence-electron chi connectivity index (χ1n) is 7.56. The van der Waals surface area contributed by atoms with Gasteiger partial charge in [-0.15, -0.1) is 10.2 Å². The van der Waals surface area contributed by atoms with Crippen molar-refractivity contribution in [3.8, 4) is 11.5 Å². The van der Waals surface area contributed by atoms with Gasteiger partial charge in [-0.05, 0) is 19.1 Å². The van der Waals surface area contributed by atoms with Crippen LogP contribution in [0.15, 0.2) is 30.7 Å². The Bertz CT molecular complexity index is 934. The Morgan fingerprint density at radius 1 is 1.25 bits per heavy atom. The number of rotatable bonds is 5. The zero-order valence-corrected chi connectivity index (χ0v) is 14.2. The lowest BCUT2D eigenvalue weighted by Crippen LogP contribution is -2.07. The van der Waals surface area contributed by atoms with Crippen molar-refractivity contribution in [3.05, 3.63) is 41.4 Å². The van der Waals surface area contributed by atoms with Crippen LogP contribution < -0.4 is 5.32 Å². The van der Waals surface area contributed by atoms with Crippen molar-refractivity contribution in [2.45, 2.75) is 13.3 Å². The van der Waals surface area contributed by atoms with E-state index in [1.807, 2.05) is 47.6 Å². The summed E-state index contributed by atoms with van der Waals surface area (Å²) < 4.78 is 3.74. The first kappa shape index (κ1) is 14.8. The lowest BCUT2D eigenvalue weighted by molar-refractivity contribution is 0.898. The minimum absolute atomic E-state index is 0.736. The molecule has 4 rings (SSSR count). The normalized spacial score (nSPS) is 11.2. The van der Waals surface area contributed by atoms with Crippen LogP contribution in [0.4, 0.5) is 5.82 Å². The van der Waals surface area contributed by atoms with Crippen LogP contribution in [0, 0.1) is 6.92 Å². The van der Waals surface area contributed by atoms with Crippen LogP contribution in [0.25, 0.3) is 16.5 Å². The first-order valence-corrected chi connectivity index (χ1v) is 8.38. The van der Waals surface area contributed by atoms with E-state index in [4.69, 9.17) is 0 Å². The van der Waals surface area contributed by atoms with Crippen molar-refractivity contribution in [2.24, 2.45) is 7.05 Å². The maximum atomic E-state index is 4.55. The summed E-state index contributed by atoms with van der Waals surface area (Å²) in [6.45, 7) is 2.72. The van der Waals surface area contributed by atoms with E-state index in [0.29, 0.717) is 0 Å². The van der Waals surface area contributed by atoms with E-state index >= 15 is 0 Å². The van der Waals surface area contributed by atoms with Crippen LogP contribution in [-0.2, 0) is 13.5 Å². The first-order chi connectivity index (χ1) is 11.7. The predicted octanol–water partition coefficient (Wildman–Crippen LogP) is 1.94. The van der Waals surface area contributed by atoms with Crippen molar-refractivity contribution in [1.29, 1.82) is 0 Å². The number of imidazole rings is 2. The summed E-state index contributed by atoms with van der Waals surface area (Å²) in [7, 11) is 1.93. The summed E-state index contributed by atoms with van der Waals surface area (Å²) in [6, 6.07) is 3.82. The molecule has 4 aromatic heterocycles. The molecule has 0 aliphatic heterocycles. The van der Waals surface area contributed by atoms with Crippen molar-refractivity contribution < 1.29 is 0 Å². The lowest BCUT2D eigenvalue weighted by atomic mass is 10.3. The van der Waals surface area contributed by atoms with Gasteiger partial charge in [-0.25, -0.2) is 14.5 Å². The molecule has 8 nitrogen and oxygen atoms in total. The van der Waals surface area contributed by atoms with Crippen molar-refractivity contribution >= 4 is 22.1 Å². The molecule has 1 N–H and O–H groups in total. The van der Waals surface area contributed by atoms with E-state index in [1.165, 1.54) is 0 Å². The van der Waals surface area contributed by atoms with Gasteiger partial charge < -0.3 is 9.88 Å². The summed E-state index contributed by atoms with van der Waals surface area (Å²) in [6.07, 6.45) is 6.40. The summed E-state index contributed by atoms with van der Waals surface area (Å²) in [4.78, 5) is 9.75. The number of fused-ring (bicyclic) bond motifs is 1. The SMILES string of the molecule is Cc1nn2cc(CCNc3ccc(-c4nccn4C)nn3)nc2s1. The molecule has 0 saturated carbocycles. The molecule has 0 aromatic carbocycles. The Hall–Kier alpha value is -2.81. The molecule has 122 valence electrons. The van der Waals surface area contributed by atoms with Crippen LogP contribution in [0.3, 0.4) is 0 Å². The fourth-order valence-corrected chi connectivity index (χ4v) is 3.19. The van der Waals surface area contributed by atoms with Gasteiger partial charge in [0.2, 0.25) is 4.96 Å². The molecule has 0 spiro atoms. The smallest absolute Gasteiger partial charge is 0.212 e. The average Bonchev–Trinajstić information content (AvgIpc) is 3.23. The highest BCUT2D eigenvalue weighted by Gasteiger charge is 2.07. The minimum atomic E-state index is 0.736. The molecule has 0 atom stereocenters. The third kappa shape index (κ3) is 2.85. The van der Waals surface area contributed by atoms with Gasteiger partial charge in [0.15, 0.2) is 5.82 Å². The summed E-state index contributed by atoms with van der Waals surface area (Å²) in [5.41, 5.74) is 1.77. The number of hydrogen-bond acceptors (Lipinski definition) is 7. The zero-order chi connectivity index (χ0) is 16.5. The Labute approximate surface area is 142 Å². The van der Waals surface area contributed by atoms with Crippen LogP contribution in [0.5, 0.6) is 0 Å². The Balaban J connectivity index is 1.37. The van der Waals surface area contributed by atoms with Crippen LogP contribution in [0.2, 0.25) is 0 Å². The van der Waals surface area contributed by atoms with Gasteiger partial charge in [0, 0.05) is 32.4 Å². The minimum Gasteiger partial charge on any atom is -0.368 e. The van der Waals surface area contributed by atoms with Crippen LogP contribution in [0.1, 0.15) is 10.7 Å². The molecule has 0 radical (unpaired) electrons. The Kier molecular flexibility index (Phi) is 3.69. The lowest BCUT2D eigenvalue weighted by Gasteiger charge is -2.04.